The van der Waals surface area contributed by atoms with E-state index in [0.29, 0.717) is 13.2 Å². The maximum Gasteiger partial charge on any atom is 0.411 e. The maximum absolute atomic E-state index is 13.5. The third kappa shape index (κ3) is 3.55. The van der Waals surface area contributed by atoms with Gasteiger partial charge in [0.1, 0.15) is 6.10 Å². The average Bonchev–Trinajstić information content (AvgIpc) is 3.17. The summed E-state index contributed by atoms with van der Waals surface area (Å²) in [5, 5.41) is -4.95. The zero-order valence-corrected chi connectivity index (χ0v) is 13.0. The molecule has 22 heavy (non-hydrogen) atoms. The van der Waals surface area contributed by atoms with Crippen LogP contribution in [0.15, 0.2) is 0 Å². The van der Waals surface area contributed by atoms with Gasteiger partial charge in [0.05, 0.1) is 19.3 Å². The van der Waals surface area contributed by atoms with Crippen molar-refractivity contribution >= 4 is 16.0 Å². The fourth-order valence-electron chi connectivity index (χ4n) is 2.72. The molecular weight excluding hydrogens is 324 g/mol. The molecule has 2 rings (SSSR count). The molecule has 1 amide bonds. The van der Waals surface area contributed by atoms with Gasteiger partial charge in [0.2, 0.25) is 0 Å². The van der Waals surface area contributed by atoms with Crippen LogP contribution in [0.1, 0.15) is 26.7 Å². The van der Waals surface area contributed by atoms with Crippen LogP contribution in [0.5, 0.6) is 0 Å². The van der Waals surface area contributed by atoms with Gasteiger partial charge in [0.25, 0.3) is 0 Å². The molecule has 128 valence electrons. The Morgan fingerprint density at radius 3 is 2.27 bits per heavy atom. The Labute approximate surface area is 127 Å². The fourth-order valence-corrected chi connectivity index (χ4v) is 3.04. The molecule has 0 saturated carbocycles. The molecule has 0 aromatic carbocycles. The number of carbonyl (C=O) groups excluding carboxylic acids is 1. The molecule has 7 nitrogen and oxygen atoms in total. The maximum atomic E-state index is 13.5. The number of nitrogens with zero attached hydrogens (tertiary/aromatic N) is 1. The summed E-state index contributed by atoms with van der Waals surface area (Å²) in [7, 11) is -6.05. The topological polar surface area (TPSA) is 99.3 Å². The van der Waals surface area contributed by atoms with Crippen LogP contribution in [0.4, 0.5) is 8.78 Å². The van der Waals surface area contributed by atoms with Crippen molar-refractivity contribution in [2.75, 3.05) is 13.2 Å². The van der Waals surface area contributed by atoms with E-state index in [9.17, 15) is 26.5 Å². The summed E-state index contributed by atoms with van der Waals surface area (Å²) in [4.78, 5) is 12.6. The minimum Gasteiger partial charge on any atom is -0.743 e. The standard InChI is InChI=1S/C12H19F2NO6S/c1-7-3-9(20-5-10-6-21-10)4-8(2)15(7)11(16)12(13,14)22(17,18)19/h7-10H,3-6H2,1-2H3,(H,17,18,19)/p-1. The first-order valence-electron chi connectivity index (χ1n) is 6.93. The van der Waals surface area contributed by atoms with Gasteiger partial charge < -0.3 is 18.9 Å². The summed E-state index contributed by atoms with van der Waals surface area (Å²) in [6, 6.07) is -1.32. The van der Waals surface area contributed by atoms with E-state index in [1.165, 1.54) is 13.8 Å². The first-order valence-corrected chi connectivity index (χ1v) is 8.34. The van der Waals surface area contributed by atoms with E-state index in [2.05, 4.69) is 0 Å². The van der Waals surface area contributed by atoms with E-state index in [-0.39, 0.29) is 25.0 Å². The number of epoxide rings is 1. The van der Waals surface area contributed by atoms with Crippen molar-refractivity contribution in [1.29, 1.82) is 0 Å². The number of likely N-dealkylation sites (tertiary alicyclic amines) is 1. The van der Waals surface area contributed by atoms with Crippen LogP contribution >= 0.6 is 0 Å². The molecule has 2 aliphatic heterocycles. The highest BCUT2D eigenvalue weighted by Gasteiger charge is 2.52. The normalized spacial score (nSPS) is 32.9. The Bertz CT molecular complexity index is 524. The summed E-state index contributed by atoms with van der Waals surface area (Å²) < 4.78 is 69.4. The quantitative estimate of drug-likeness (QED) is 0.527. The van der Waals surface area contributed by atoms with Crippen molar-refractivity contribution in [2.45, 2.75) is 56.2 Å². The minimum absolute atomic E-state index is 0.0696. The number of halogens is 2. The fraction of sp³-hybridized carbons (Fsp3) is 0.917. The predicted molar refractivity (Wildman–Crippen MR) is 69.1 cm³/mol. The highest BCUT2D eigenvalue weighted by atomic mass is 32.2. The third-order valence-electron chi connectivity index (χ3n) is 3.88. The van der Waals surface area contributed by atoms with E-state index in [0.717, 1.165) is 4.90 Å². The molecule has 0 spiro atoms. The molecule has 0 N–H and O–H groups in total. The summed E-state index contributed by atoms with van der Waals surface area (Å²) in [5.74, 6) is -1.97. The number of alkyl halides is 2. The molecule has 2 saturated heterocycles. The van der Waals surface area contributed by atoms with Crippen LogP contribution in [0.25, 0.3) is 0 Å². The molecule has 0 aromatic rings. The van der Waals surface area contributed by atoms with Crippen LogP contribution in [0, 0.1) is 0 Å². The lowest BCUT2D eigenvalue weighted by Crippen LogP contribution is -2.58. The van der Waals surface area contributed by atoms with Crippen molar-refractivity contribution in [3.8, 4) is 0 Å². The summed E-state index contributed by atoms with van der Waals surface area (Å²) >= 11 is 0. The monoisotopic (exact) mass is 342 g/mol. The first kappa shape index (κ1) is 17.5. The predicted octanol–water partition coefficient (Wildman–Crippen LogP) is 0.308. The highest BCUT2D eigenvalue weighted by molar-refractivity contribution is 7.87. The van der Waals surface area contributed by atoms with E-state index in [1.54, 1.807) is 0 Å². The molecule has 0 aliphatic carbocycles. The van der Waals surface area contributed by atoms with Crippen molar-refractivity contribution in [2.24, 2.45) is 0 Å². The van der Waals surface area contributed by atoms with E-state index < -0.39 is 33.4 Å². The van der Waals surface area contributed by atoms with Crippen LogP contribution in [-0.2, 0) is 24.4 Å². The Morgan fingerprint density at radius 1 is 1.36 bits per heavy atom. The second kappa shape index (κ2) is 5.99. The van der Waals surface area contributed by atoms with E-state index >= 15 is 0 Å². The molecule has 3 atom stereocenters. The number of ether oxygens (including phenoxy) is 2. The number of carbonyl (C=O) groups is 1. The minimum atomic E-state index is -6.05. The lowest BCUT2D eigenvalue weighted by Gasteiger charge is -2.43. The van der Waals surface area contributed by atoms with E-state index in [4.69, 9.17) is 9.47 Å². The summed E-state index contributed by atoms with van der Waals surface area (Å²) in [5.41, 5.74) is 0. The van der Waals surface area contributed by atoms with Crippen molar-refractivity contribution in [1.82, 2.24) is 4.90 Å². The Morgan fingerprint density at radius 2 is 1.86 bits per heavy atom. The van der Waals surface area contributed by atoms with Crippen LogP contribution in [0.3, 0.4) is 0 Å². The number of hydrogen-bond acceptors (Lipinski definition) is 6. The van der Waals surface area contributed by atoms with Gasteiger partial charge in [-0.2, -0.15) is 8.78 Å². The van der Waals surface area contributed by atoms with E-state index in [1.807, 2.05) is 0 Å². The molecular formula is C12H18F2NO6S-. The molecule has 0 aromatic heterocycles. The molecule has 2 fully saturated rings. The van der Waals surface area contributed by atoms with Gasteiger partial charge in [-0.15, -0.1) is 0 Å². The second-order valence-electron chi connectivity index (χ2n) is 5.76. The van der Waals surface area contributed by atoms with Gasteiger partial charge in [-0.05, 0) is 26.7 Å². The molecule has 10 heteroatoms. The molecule has 2 aliphatic rings. The third-order valence-corrected chi connectivity index (χ3v) is 4.68. The molecule has 2 heterocycles. The van der Waals surface area contributed by atoms with Gasteiger partial charge in [-0.3, -0.25) is 4.79 Å². The van der Waals surface area contributed by atoms with Gasteiger partial charge in [0, 0.05) is 12.1 Å². The van der Waals surface area contributed by atoms with Crippen molar-refractivity contribution < 1.29 is 36.0 Å². The van der Waals surface area contributed by atoms with Crippen LogP contribution in [-0.4, -0.2) is 66.5 Å². The first-order chi connectivity index (χ1) is 10.0. The molecule has 0 bridgehead atoms. The zero-order valence-electron chi connectivity index (χ0n) is 12.2. The summed E-state index contributed by atoms with van der Waals surface area (Å²) in [6.07, 6.45) is 0.422. The second-order valence-corrected chi connectivity index (χ2v) is 7.18. The SMILES string of the molecule is CC1CC(OCC2CO2)CC(C)N1C(=O)C(F)(F)S(=O)(=O)[O-]. The lowest BCUT2D eigenvalue weighted by molar-refractivity contribution is -0.157. The number of rotatable bonds is 5. The molecule has 0 radical (unpaired) electrons. The van der Waals surface area contributed by atoms with Gasteiger partial charge >= 0.3 is 11.2 Å². The van der Waals surface area contributed by atoms with Crippen molar-refractivity contribution in [3.63, 3.8) is 0 Å². The smallest absolute Gasteiger partial charge is 0.411 e. The number of piperidine rings is 1. The highest BCUT2D eigenvalue weighted by Crippen LogP contribution is 2.32. The number of hydrogen-bond donors (Lipinski definition) is 0. The van der Waals surface area contributed by atoms with Gasteiger partial charge in [-0.25, -0.2) is 8.42 Å². The van der Waals surface area contributed by atoms with Crippen LogP contribution < -0.4 is 0 Å². The van der Waals surface area contributed by atoms with Gasteiger partial charge in [0.15, 0.2) is 10.1 Å². The Hall–Kier alpha value is -0.840. The van der Waals surface area contributed by atoms with Crippen molar-refractivity contribution in [3.05, 3.63) is 0 Å². The van der Waals surface area contributed by atoms with Gasteiger partial charge in [-0.1, -0.05) is 0 Å². The molecule has 3 unspecified atom stereocenters. The Kier molecular flexibility index (Phi) is 4.77. The zero-order chi connectivity index (χ0) is 16.7. The van der Waals surface area contributed by atoms with Crippen LogP contribution in [0.2, 0.25) is 0 Å². The Balaban J connectivity index is 2.04. The average molecular weight is 342 g/mol. The largest absolute Gasteiger partial charge is 0.743 e. The lowest BCUT2D eigenvalue weighted by atomic mass is 9.94. The summed E-state index contributed by atoms with van der Waals surface area (Å²) in [6.45, 7) is 4.08. The number of amides is 1.